The van der Waals surface area contributed by atoms with Gasteiger partial charge in [0.15, 0.2) is 0 Å². The predicted octanol–water partition coefficient (Wildman–Crippen LogP) is 4.71. The highest BCUT2D eigenvalue weighted by Gasteiger charge is 2.17. The van der Waals surface area contributed by atoms with Crippen molar-refractivity contribution in [3.05, 3.63) is 52.4 Å². The van der Waals surface area contributed by atoms with Gasteiger partial charge < -0.3 is 0 Å². The summed E-state index contributed by atoms with van der Waals surface area (Å²) in [7, 11) is 0. The second kappa shape index (κ2) is 6.28. The van der Waals surface area contributed by atoms with Gasteiger partial charge in [0.2, 0.25) is 0 Å². The first-order valence-electron chi connectivity index (χ1n) is 8.35. The summed E-state index contributed by atoms with van der Waals surface area (Å²) in [6.07, 6.45) is 8.14. The van der Waals surface area contributed by atoms with Crippen LogP contribution in [0.3, 0.4) is 0 Å². The van der Waals surface area contributed by atoms with E-state index in [0.29, 0.717) is 5.92 Å². The van der Waals surface area contributed by atoms with Gasteiger partial charge in [-0.2, -0.15) is 0 Å². The topological polar surface area (TPSA) is 34.9 Å². The molecule has 0 unspecified atom stereocenters. The van der Waals surface area contributed by atoms with E-state index in [2.05, 4.69) is 22.5 Å². The van der Waals surface area contributed by atoms with Crippen molar-refractivity contribution in [1.82, 2.24) is 9.55 Å². The molecule has 0 bridgehead atoms. The normalized spacial score (nSPS) is 16.0. The van der Waals surface area contributed by atoms with E-state index in [0.717, 1.165) is 27.9 Å². The molecule has 4 heteroatoms. The van der Waals surface area contributed by atoms with E-state index >= 15 is 0 Å². The van der Waals surface area contributed by atoms with Crippen LogP contribution in [-0.4, -0.2) is 9.55 Å². The van der Waals surface area contributed by atoms with E-state index in [-0.39, 0.29) is 5.56 Å². The molecule has 3 aromatic rings. The maximum absolute atomic E-state index is 13.0. The number of nitrogens with zero attached hydrogens (tertiary/aromatic N) is 2. The van der Waals surface area contributed by atoms with Crippen LogP contribution < -0.4 is 5.56 Å². The van der Waals surface area contributed by atoms with Gasteiger partial charge in [-0.15, -0.1) is 11.3 Å². The average molecular weight is 324 g/mol. The summed E-state index contributed by atoms with van der Waals surface area (Å²) in [6.45, 7) is 0.811. The summed E-state index contributed by atoms with van der Waals surface area (Å²) in [5, 5.41) is 2.83. The van der Waals surface area contributed by atoms with Gasteiger partial charge in [-0.1, -0.05) is 49.6 Å². The van der Waals surface area contributed by atoms with Gasteiger partial charge in [0.05, 0.1) is 11.7 Å². The Morgan fingerprint density at radius 3 is 2.70 bits per heavy atom. The third-order valence-electron chi connectivity index (χ3n) is 4.83. The van der Waals surface area contributed by atoms with Crippen LogP contribution >= 0.6 is 11.3 Å². The SMILES string of the molecule is O=c1c2c(-c3ccccc3)csc2ncn1CC1CCCCC1. The Balaban J connectivity index is 1.76. The van der Waals surface area contributed by atoms with Gasteiger partial charge in [-0.3, -0.25) is 9.36 Å². The van der Waals surface area contributed by atoms with Crippen LogP contribution in [0.2, 0.25) is 0 Å². The van der Waals surface area contributed by atoms with E-state index in [1.165, 1.54) is 32.1 Å². The molecule has 0 N–H and O–H groups in total. The maximum Gasteiger partial charge on any atom is 0.262 e. The second-order valence-electron chi connectivity index (χ2n) is 6.40. The van der Waals surface area contributed by atoms with Crippen LogP contribution in [0.4, 0.5) is 0 Å². The Morgan fingerprint density at radius 2 is 1.91 bits per heavy atom. The van der Waals surface area contributed by atoms with Gasteiger partial charge >= 0.3 is 0 Å². The van der Waals surface area contributed by atoms with Gasteiger partial charge in [0, 0.05) is 17.5 Å². The van der Waals surface area contributed by atoms with Crippen LogP contribution in [0, 0.1) is 5.92 Å². The molecule has 23 heavy (non-hydrogen) atoms. The maximum atomic E-state index is 13.0. The molecule has 2 heterocycles. The molecule has 1 fully saturated rings. The number of thiophene rings is 1. The first-order valence-corrected chi connectivity index (χ1v) is 9.23. The molecule has 4 rings (SSSR count). The Labute approximate surface area is 139 Å². The average Bonchev–Trinajstić information content (AvgIpc) is 3.04. The van der Waals surface area contributed by atoms with Gasteiger partial charge in [0.1, 0.15) is 4.83 Å². The summed E-state index contributed by atoms with van der Waals surface area (Å²) in [6, 6.07) is 10.1. The first kappa shape index (κ1) is 14.6. The van der Waals surface area contributed by atoms with Crippen molar-refractivity contribution in [2.75, 3.05) is 0 Å². The highest BCUT2D eigenvalue weighted by molar-refractivity contribution is 7.17. The number of hydrogen-bond donors (Lipinski definition) is 0. The minimum atomic E-state index is 0.112. The first-order chi connectivity index (χ1) is 11.3. The lowest BCUT2D eigenvalue weighted by molar-refractivity contribution is 0.315. The molecule has 0 spiro atoms. The minimum Gasteiger partial charge on any atom is -0.298 e. The van der Waals surface area contributed by atoms with Crippen molar-refractivity contribution >= 4 is 21.6 Å². The lowest BCUT2D eigenvalue weighted by Gasteiger charge is -2.22. The summed E-state index contributed by atoms with van der Waals surface area (Å²) in [5.41, 5.74) is 2.22. The molecule has 0 saturated heterocycles. The van der Waals surface area contributed by atoms with Crippen molar-refractivity contribution in [1.29, 1.82) is 0 Å². The molecule has 3 nitrogen and oxygen atoms in total. The molecule has 0 atom stereocenters. The molecule has 0 aliphatic heterocycles. The van der Waals surface area contributed by atoms with Crippen LogP contribution in [0.15, 0.2) is 46.8 Å². The fourth-order valence-corrected chi connectivity index (χ4v) is 4.48. The van der Waals surface area contributed by atoms with E-state index in [4.69, 9.17) is 0 Å². The van der Waals surface area contributed by atoms with Crippen LogP contribution in [0.1, 0.15) is 32.1 Å². The molecule has 1 aliphatic rings. The third-order valence-corrected chi connectivity index (χ3v) is 5.71. The van der Waals surface area contributed by atoms with E-state index < -0.39 is 0 Å². The highest BCUT2D eigenvalue weighted by atomic mass is 32.1. The van der Waals surface area contributed by atoms with E-state index in [1.54, 1.807) is 17.7 Å². The molecule has 118 valence electrons. The fourth-order valence-electron chi connectivity index (χ4n) is 3.58. The molecule has 1 aliphatic carbocycles. The van der Waals surface area contributed by atoms with Crippen molar-refractivity contribution in [2.45, 2.75) is 38.6 Å². The van der Waals surface area contributed by atoms with Crippen molar-refractivity contribution in [3.8, 4) is 11.1 Å². The number of rotatable bonds is 3. The second-order valence-corrected chi connectivity index (χ2v) is 7.26. The zero-order chi connectivity index (χ0) is 15.6. The lowest BCUT2D eigenvalue weighted by atomic mass is 9.89. The number of benzene rings is 1. The van der Waals surface area contributed by atoms with Crippen molar-refractivity contribution < 1.29 is 0 Å². The van der Waals surface area contributed by atoms with Crippen LogP contribution in [-0.2, 0) is 6.54 Å². The van der Waals surface area contributed by atoms with Gasteiger partial charge in [-0.05, 0) is 24.3 Å². The molecule has 1 saturated carbocycles. The van der Waals surface area contributed by atoms with Gasteiger partial charge in [-0.25, -0.2) is 4.98 Å². The molecular weight excluding hydrogens is 304 g/mol. The molecule has 1 aromatic carbocycles. The van der Waals surface area contributed by atoms with Crippen molar-refractivity contribution in [3.63, 3.8) is 0 Å². The van der Waals surface area contributed by atoms with Crippen molar-refractivity contribution in [2.24, 2.45) is 5.92 Å². The smallest absolute Gasteiger partial charge is 0.262 e. The van der Waals surface area contributed by atoms with E-state index in [1.807, 2.05) is 22.8 Å². The number of aromatic nitrogens is 2. The quantitative estimate of drug-likeness (QED) is 0.699. The Hall–Kier alpha value is -1.94. The summed E-state index contributed by atoms with van der Waals surface area (Å²) in [4.78, 5) is 18.4. The molecule has 2 aromatic heterocycles. The largest absolute Gasteiger partial charge is 0.298 e. The fraction of sp³-hybridized carbons (Fsp3) is 0.368. The lowest BCUT2D eigenvalue weighted by Crippen LogP contribution is -2.25. The summed E-state index contributed by atoms with van der Waals surface area (Å²) in [5.74, 6) is 0.625. The Bertz CT molecular complexity index is 860. The standard InChI is InChI=1S/C19H20N2OS/c22-19-17-16(15-9-5-2-6-10-15)12-23-18(17)20-13-21(19)11-14-7-3-1-4-8-14/h2,5-6,9-10,12-14H,1,3-4,7-8,11H2. The number of hydrogen-bond acceptors (Lipinski definition) is 3. The van der Waals surface area contributed by atoms with Gasteiger partial charge in [0.25, 0.3) is 5.56 Å². The third kappa shape index (κ3) is 2.83. The Kier molecular flexibility index (Phi) is 4.00. The minimum absolute atomic E-state index is 0.112. The monoisotopic (exact) mass is 324 g/mol. The van der Waals surface area contributed by atoms with Crippen LogP contribution in [0.25, 0.3) is 21.3 Å². The predicted molar refractivity (Wildman–Crippen MR) is 95.9 cm³/mol. The molecule has 0 radical (unpaired) electrons. The summed E-state index contributed by atoms with van der Waals surface area (Å²) < 4.78 is 1.83. The Morgan fingerprint density at radius 1 is 1.13 bits per heavy atom. The zero-order valence-electron chi connectivity index (χ0n) is 13.1. The molecular formula is C19H20N2OS. The molecule has 0 amide bonds. The van der Waals surface area contributed by atoms with Crippen LogP contribution in [0.5, 0.6) is 0 Å². The number of fused-ring (bicyclic) bond motifs is 1. The summed E-state index contributed by atoms with van der Waals surface area (Å²) >= 11 is 1.55. The highest BCUT2D eigenvalue weighted by Crippen LogP contribution is 2.31. The zero-order valence-corrected chi connectivity index (χ0v) is 13.9. The van der Waals surface area contributed by atoms with E-state index in [9.17, 15) is 4.79 Å².